The molecule has 2 saturated heterocycles. The molecule has 0 aromatic carbocycles. The first-order valence-corrected chi connectivity index (χ1v) is 7.48. The van der Waals surface area contributed by atoms with E-state index in [0.717, 1.165) is 50.5 Å². The molecule has 0 bridgehead atoms. The maximum absolute atomic E-state index is 5.98. The van der Waals surface area contributed by atoms with Gasteiger partial charge in [0, 0.05) is 25.6 Å². The van der Waals surface area contributed by atoms with E-state index in [1.54, 1.807) is 6.20 Å². The SMILES string of the molecule is C(=C[C@@H]1CCNC1)c1cncc(OC2CCOCC2)c1. The van der Waals surface area contributed by atoms with Crippen molar-refractivity contribution in [1.29, 1.82) is 0 Å². The van der Waals surface area contributed by atoms with Gasteiger partial charge in [-0.2, -0.15) is 0 Å². The molecule has 0 saturated carbocycles. The maximum Gasteiger partial charge on any atom is 0.138 e. The van der Waals surface area contributed by atoms with Crippen LogP contribution < -0.4 is 10.1 Å². The molecular formula is C16H22N2O2. The zero-order chi connectivity index (χ0) is 13.6. The molecule has 0 radical (unpaired) electrons. The van der Waals surface area contributed by atoms with Crippen molar-refractivity contribution in [2.45, 2.75) is 25.4 Å². The van der Waals surface area contributed by atoms with Crippen molar-refractivity contribution in [3.63, 3.8) is 0 Å². The second-order valence-corrected chi connectivity index (χ2v) is 5.50. The van der Waals surface area contributed by atoms with Crippen LogP contribution in [-0.2, 0) is 4.74 Å². The Bertz CT molecular complexity index is 450. The lowest BCUT2D eigenvalue weighted by molar-refractivity contribution is 0.0254. The minimum atomic E-state index is 0.267. The molecule has 1 N–H and O–H groups in total. The summed E-state index contributed by atoms with van der Waals surface area (Å²) in [6.45, 7) is 3.81. The first-order valence-electron chi connectivity index (χ1n) is 7.48. The number of ether oxygens (including phenoxy) is 2. The van der Waals surface area contributed by atoms with Crippen LogP contribution in [0.15, 0.2) is 24.5 Å². The molecule has 1 aromatic rings. The average Bonchev–Trinajstić information content (AvgIpc) is 3.00. The van der Waals surface area contributed by atoms with Crippen molar-refractivity contribution in [2.75, 3.05) is 26.3 Å². The first-order chi connectivity index (χ1) is 9.90. The molecule has 1 atom stereocenters. The molecule has 0 spiro atoms. The number of hydrogen-bond acceptors (Lipinski definition) is 4. The summed E-state index contributed by atoms with van der Waals surface area (Å²) in [5, 5.41) is 3.37. The predicted octanol–water partition coefficient (Wildman–Crippen LogP) is 2.26. The molecular weight excluding hydrogens is 252 g/mol. The Labute approximate surface area is 120 Å². The molecule has 108 valence electrons. The molecule has 20 heavy (non-hydrogen) atoms. The Morgan fingerprint density at radius 1 is 1.25 bits per heavy atom. The first kappa shape index (κ1) is 13.6. The highest BCUT2D eigenvalue weighted by atomic mass is 16.5. The van der Waals surface area contributed by atoms with E-state index in [-0.39, 0.29) is 6.10 Å². The van der Waals surface area contributed by atoms with Crippen molar-refractivity contribution >= 4 is 6.08 Å². The quantitative estimate of drug-likeness (QED) is 0.914. The molecule has 0 amide bonds. The Morgan fingerprint density at radius 2 is 2.15 bits per heavy atom. The van der Waals surface area contributed by atoms with Gasteiger partial charge >= 0.3 is 0 Å². The van der Waals surface area contributed by atoms with Crippen molar-refractivity contribution in [3.8, 4) is 5.75 Å². The summed E-state index contributed by atoms with van der Waals surface area (Å²) in [4.78, 5) is 4.27. The summed E-state index contributed by atoms with van der Waals surface area (Å²) >= 11 is 0. The van der Waals surface area contributed by atoms with Gasteiger partial charge in [-0.1, -0.05) is 12.2 Å². The van der Waals surface area contributed by atoms with Crippen molar-refractivity contribution in [3.05, 3.63) is 30.1 Å². The summed E-state index contributed by atoms with van der Waals surface area (Å²) in [5.41, 5.74) is 1.11. The lowest BCUT2D eigenvalue weighted by Gasteiger charge is -2.23. The van der Waals surface area contributed by atoms with Gasteiger partial charge in [0.15, 0.2) is 0 Å². The lowest BCUT2D eigenvalue weighted by atomic mass is 10.1. The maximum atomic E-state index is 5.98. The monoisotopic (exact) mass is 274 g/mol. The van der Waals surface area contributed by atoms with Gasteiger partial charge in [0.1, 0.15) is 11.9 Å². The van der Waals surface area contributed by atoms with Crippen molar-refractivity contribution < 1.29 is 9.47 Å². The third kappa shape index (κ3) is 3.81. The fourth-order valence-electron chi connectivity index (χ4n) is 2.67. The molecule has 3 rings (SSSR count). The number of aromatic nitrogens is 1. The van der Waals surface area contributed by atoms with Crippen LogP contribution in [0.1, 0.15) is 24.8 Å². The van der Waals surface area contributed by atoms with Gasteiger partial charge in [-0.25, -0.2) is 0 Å². The highest BCUT2D eigenvalue weighted by Crippen LogP contribution is 2.19. The molecule has 3 heterocycles. The topological polar surface area (TPSA) is 43.4 Å². The molecule has 2 fully saturated rings. The molecule has 4 heteroatoms. The van der Waals surface area contributed by atoms with Crippen molar-refractivity contribution in [2.24, 2.45) is 5.92 Å². The predicted molar refractivity (Wildman–Crippen MR) is 78.7 cm³/mol. The molecule has 2 aliphatic rings. The number of nitrogens with zero attached hydrogens (tertiary/aromatic N) is 1. The van der Waals surface area contributed by atoms with Gasteiger partial charge in [-0.05, 0) is 30.5 Å². The normalized spacial score (nSPS) is 24.3. The number of hydrogen-bond donors (Lipinski definition) is 1. The van der Waals surface area contributed by atoms with Crippen LogP contribution in [0.25, 0.3) is 6.08 Å². The van der Waals surface area contributed by atoms with Crippen LogP contribution in [0.2, 0.25) is 0 Å². The number of nitrogens with one attached hydrogen (secondary N) is 1. The molecule has 0 unspecified atom stereocenters. The van der Waals surface area contributed by atoms with E-state index in [9.17, 15) is 0 Å². The fraction of sp³-hybridized carbons (Fsp3) is 0.562. The second kappa shape index (κ2) is 6.86. The fourth-order valence-corrected chi connectivity index (χ4v) is 2.67. The summed E-state index contributed by atoms with van der Waals surface area (Å²) < 4.78 is 11.3. The summed E-state index contributed by atoms with van der Waals surface area (Å²) in [6, 6.07) is 2.07. The standard InChI is InChI=1S/C16H22N2O2/c1(13-3-6-17-10-13)2-14-9-16(12-18-11-14)20-15-4-7-19-8-5-15/h1-2,9,11-13,15,17H,3-8,10H2/t13-/m1/s1. The van der Waals surface area contributed by atoms with Crippen LogP contribution >= 0.6 is 0 Å². The van der Waals surface area contributed by atoms with E-state index < -0.39 is 0 Å². The highest BCUT2D eigenvalue weighted by Gasteiger charge is 2.15. The van der Waals surface area contributed by atoms with Gasteiger partial charge < -0.3 is 14.8 Å². The van der Waals surface area contributed by atoms with Gasteiger partial charge in [0.25, 0.3) is 0 Å². The smallest absolute Gasteiger partial charge is 0.138 e. The minimum Gasteiger partial charge on any atom is -0.489 e. The zero-order valence-electron chi connectivity index (χ0n) is 11.8. The summed E-state index contributed by atoms with van der Waals surface area (Å²) in [7, 11) is 0. The minimum absolute atomic E-state index is 0.267. The summed E-state index contributed by atoms with van der Waals surface area (Å²) in [6.07, 6.45) is 11.5. The van der Waals surface area contributed by atoms with Gasteiger partial charge in [0.05, 0.1) is 19.4 Å². The van der Waals surface area contributed by atoms with E-state index in [1.807, 2.05) is 6.20 Å². The molecule has 0 aliphatic carbocycles. The van der Waals surface area contributed by atoms with Crippen LogP contribution in [0.3, 0.4) is 0 Å². The Kier molecular flexibility index (Phi) is 4.66. The Balaban J connectivity index is 1.59. The second-order valence-electron chi connectivity index (χ2n) is 5.50. The van der Waals surface area contributed by atoms with Gasteiger partial charge in [-0.15, -0.1) is 0 Å². The third-order valence-corrected chi connectivity index (χ3v) is 3.86. The van der Waals surface area contributed by atoms with Crippen LogP contribution in [-0.4, -0.2) is 37.4 Å². The number of pyridine rings is 1. The Morgan fingerprint density at radius 3 is 2.95 bits per heavy atom. The van der Waals surface area contributed by atoms with Gasteiger partial charge in [0.2, 0.25) is 0 Å². The molecule has 4 nitrogen and oxygen atoms in total. The van der Waals surface area contributed by atoms with Crippen LogP contribution in [0.5, 0.6) is 5.75 Å². The van der Waals surface area contributed by atoms with E-state index in [0.29, 0.717) is 5.92 Å². The lowest BCUT2D eigenvalue weighted by Crippen LogP contribution is -2.25. The van der Waals surface area contributed by atoms with E-state index in [4.69, 9.17) is 9.47 Å². The highest BCUT2D eigenvalue weighted by molar-refractivity contribution is 5.50. The Hall–Kier alpha value is -1.39. The zero-order valence-corrected chi connectivity index (χ0v) is 11.8. The van der Waals surface area contributed by atoms with E-state index in [2.05, 4.69) is 28.5 Å². The largest absolute Gasteiger partial charge is 0.489 e. The van der Waals surface area contributed by atoms with E-state index in [1.165, 1.54) is 6.42 Å². The molecule has 1 aromatic heterocycles. The van der Waals surface area contributed by atoms with Crippen LogP contribution in [0.4, 0.5) is 0 Å². The average molecular weight is 274 g/mol. The molecule has 2 aliphatic heterocycles. The van der Waals surface area contributed by atoms with E-state index >= 15 is 0 Å². The van der Waals surface area contributed by atoms with Crippen LogP contribution in [0, 0.1) is 5.92 Å². The number of rotatable bonds is 4. The van der Waals surface area contributed by atoms with Crippen molar-refractivity contribution in [1.82, 2.24) is 10.3 Å². The summed E-state index contributed by atoms with van der Waals surface area (Å²) in [5.74, 6) is 1.51. The third-order valence-electron chi connectivity index (χ3n) is 3.86. The van der Waals surface area contributed by atoms with Gasteiger partial charge in [-0.3, -0.25) is 4.98 Å².